The van der Waals surface area contributed by atoms with Gasteiger partial charge in [0.15, 0.2) is 0 Å². The molecule has 1 aromatic carbocycles. The second-order valence-electron chi connectivity index (χ2n) is 3.56. The standard InChI is InChI=1S/C12H12ClN3/c1-8-6-12(15-7-11(8)14)16-10-4-2-9(13)3-5-10/h2-7H,14H2,1H3,(H,15,16). The Kier molecular flexibility index (Phi) is 2.97. The molecule has 0 bridgehead atoms. The third kappa shape index (κ3) is 2.44. The molecular formula is C12H12ClN3. The first-order valence-electron chi connectivity index (χ1n) is 4.90. The van der Waals surface area contributed by atoms with Gasteiger partial charge >= 0.3 is 0 Å². The molecule has 1 aromatic heterocycles. The predicted octanol–water partition coefficient (Wildman–Crippen LogP) is 3.37. The number of hydrogen-bond acceptors (Lipinski definition) is 3. The van der Waals surface area contributed by atoms with Gasteiger partial charge in [0.25, 0.3) is 0 Å². The van der Waals surface area contributed by atoms with E-state index in [9.17, 15) is 0 Å². The summed E-state index contributed by atoms with van der Waals surface area (Å²) in [5.41, 5.74) is 8.34. The van der Waals surface area contributed by atoms with E-state index in [1.54, 1.807) is 6.20 Å². The highest BCUT2D eigenvalue weighted by Gasteiger charge is 1.99. The molecule has 2 rings (SSSR count). The monoisotopic (exact) mass is 233 g/mol. The third-order valence-electron chi connectivity index (χ3n) is 2.27. The molecule has 1 heterocycles. The second-order valence-corrected chi connectivity index (χ2v) is 3.99. The van der Waals surface area contributed by atoms with Crippen molar-refractivity contribution in [2.24, 2.45) is 0 Å². The van der Waals surface area contributed by atoms with Gasteiger partial charge in [0, 0.05) is 10.7 Å². The number of benzene rings is 1. The number of aromatic nitrogens is 1. The number of rotatable bonds is 2. The summed E-state index contributed by atoms with van der Waals surface area (Å²) in [5.74, 6) is 0.772. The number of nitrogen functional groups attached to an aromatic ring is 1. The topological polar surface area (TPSA) is 50.9 Å². The van der Waals surface area contributed by atoms with Crippen molar-refractivity contribution < 1.29 is 0 Å². The summed E-state index contributed by atoms with van der Waals surface area (Å²) in [6.07, 6.45) is 1.65. The molecule has 0 aliphatic carbocycles. The van der Waals surface area contributed by atoms with Gasteiger partial charge in [0.05, 0.1) is 11.9 Å². The average molecular weight is 234 g/mol. The van der Waals surface area contributed by atoms with Crippen LogP contribution in [0, 0.1) is 6.92 Å². The van der Waals surface area contributed by atoms with Crippen LogP contribution in [0.3, 0.4) is 0 Å². The van der Waals surface area contributed by atoms with Crippen LogP contribution in [0.15, 0.2) is 36.5 Å². The first-order valence-corrected chi connectivity index (χ1v) is 5.27. The van der Waals surface area contributed by atoms with Crippen LogP contribution < -0.4 is 11.1 Å². The lowest BCUT2D eigenvalue weighted by Crippen LogP contribution is -1.96. The van der Waals surface area contributed by atoms with E-state index in [0.717, 1.165) is 17.1 Å². The largest absolute Gasteiger partial charge is 0.397 e. The fraction of sp³-hybridized carbons (Fsp3) is 0.0833. The molecule has 0 saturated carbocycles. The molecule has 0 amide bonds. The molecule has 82 valence electrons. The summed E-state index contributed by atoms with van der Waals surface area (Å²) in [6.45, 7) is 1.95. The Morgan fingerprint density at radius 3 is 2.56 bits per heavy atom. The lowest BCUT2D eigenvalue weighted by atomic mass is 10.2. The highest BCUT2D eigenvalue weighted by atomic mass is 35.5. The van der Waals surface area contributed by atoms with Crippen LogP contribution >= 0.6 is 11.6 Å². The number of hydrogen-bond donors (Lipinski definition) is 2. The zero-order valence-corrected chi connectivity index (χ0v) is 9.62. The fourth-order valence-electron chi connectivity index (χ4n) is 1.32. The van der Waals surface area contributed by atoms with E-state index in [1.165, 1.54) is 0 Å². The number of nitrogens with two attached hydrogens (primary N) is 1. The molecule has 0 spiro atoms. The first-order chi connectivity index (χ1) is 7.65. The van der Waals surface area contributed by atoms with Crippen LogP contribution in [0.1, 0.15) is 5.56 Å². The van der Waals surface area contributed by atoms with Crippen molar-refractivity contribution in [1.82, 2.24) is 4.98 Å². The van der Waals surface area contributed by atoms with Crippen LogP contribution in [0.2, 0.25) is 5.02 Å². The van der Waals surface area contributed by atoms with Gasteiger partial charge in [-0.05, 0) is 42.8 Å². The van der Waals surface area contributed by atoms with Crippen molar-refractivity contribution in [2.75, 3.05) is 11.1 Å². The molecule has 0 aliphatic rings. The summed E-state index contributed by atoms with van der Waals surface area (Å²) < 4.78 is 0. The molecule has 0 saturated heterocycles. The number of halogens is 1. The normalized spacial score (nSPS) is 10.1. The molecule has 3 N–H and O–H groups in total. The zero-order valence-electron chi connectivity index (χ0n) is 8.87. The Hall–Kier alpha value is -1.74. The van der Waals surface area contributed by atoms with Crippen molar-refractivity contribution in [1.29, 1.82) is 0 Å². The molecular weight excluding hydrogens is 222 g/mol. The SMILES string of the molecule is Cc1cc(Nc2ccc(Cl)cc2)ncc1N. The molecule has 3 nitrogen and oxygen atoms in total. The summed E-state index contributed by atoms with van der Waals surface area (Å²) in [7, 11) is 0. The number of pyridine rings is 1. The summed E-state index contributed by atoms with van der Waals surface area (Å²) in [5, 5.41) is 3.89. The average Bonchev–Trinajstić information content (AvgIpc) is 2.27. The van der Waals surface area contributed by atoms with Crippen LogP contribution in [0.25, 0.3) is 0 Å². The highest BCUT2D eigenvalue weighted by Crippen LogP contribution is 2.19. The van der Waals surface area contributed by atoms with Crippen LogP contribution in [-0.2, 0) is 0 Å². The van der Waals surface area contributed by atoms with Crippen LogP contribution in [0.4, 0.5) is 17.2 Å². The maximum Gasteiger partial charge on any atom is 0.130 e. The minimum absolute atomic E-state index is 0.696. The van der Waals surface area contributed by atoms with Crippen molar-refractivity contribution in [3.8, 4) is 0 Å². The Morgan fingerprint density at radius 2 is 1.94 bits per heavy atom. The van der Waals surface area contributed by atoms with Gasteiger partial charge in [-0.2, -0.15) is 0 Å². The third-order valence-corrected chi connectivity index (χ3v) is 2.52. The van der Waals surface area contributed by atoms with Gasteiger partial charge in [-0.15, -0.1) is 0 Å². The van der Waals surface area contributed by atoms with E-state index in [4.69, 9.17) is 17.3 Å². The minimum Gasteiger partial charge on any atom is -0.397 e. The van der Waals surface area contributed by atoms with Gasteiger partial charge in [-0.25, -0.2) is 4.98 Å². The van der Waals surface area contributed by atoms with Crippen molar-refractivity contribution in [2.45, 2.75) is 6.92 Å². The van der Waals surface area contributed by atoms with Gasteiger partial charge in [-0.3, -0.25) is 0 Å². The lowest BCUT2D eigenvalue weighted by Gasteiger charge is -2.07. The molecule has 2 aromatic rings. The van der Waals surface area contributed by atoms with Crippen LogP contribution in [-0.4, -0.2) is 4.98 Å². The maximum atomic E-state index is 5.80. The second kappa shape index (κ2) is 4.41. The summed E-state index contributed by atoms with van der Waals surface area (Å²) >= 11 is 5.80. The summed E-state index contributed by atoms with van der Waals surface area (Å²) in [4.78, 5) is 4.19. The molecule has 4 heteroatoms. The van der Waals surface area contributed by atoms with E-state index >= 15 is 0 Å². The predicted molar refractivity (Wildman–Crippen MR) is 68.1 cm³/mol. The smallest absolute Gasteiger partial charge is 0.130 e. The number of anilines is 3. The molecule has 0 radical (unpaired) electrons. The Labute approximate surface area is 99.3 Å². The number of nitrogens with one attached hydrogen (secondary N) is 1. The fourth-order valence-corrected chi connectivity index (χ4v) is 1.44. The van der Waals surface area contributed by atoms with E-state index in [2.05, 4.69) is 10.3 Å². The van der Waals surface area contributed by atoms with Crippen molar-refractivity contribution in [3.63, 3.8) is 0 Å². The minimum atomic E-state index is 0.696. The molecule has 0 atom stereocenters. The summed E-state index contributed by atoms with van der Waals surface area (Å²) in [6, 6.07) is 9.36. The molecule has 16 heavy (non-hydrogen) atoms. The zero-order chi connectivity index (χ0) is 11.5. The molecule has 0 fully saturated rings. The Balaban J connectivity index is 2.20. The molecule has 0 aliphatic heterocycles. The maximum absolute atomic E-state index is 5.80. The van der Waals surface area contributed by atoms with Gasteiger partial charge < -0.3 is 11.1 Å². The first kappa shape index (κ1) is 10.8. The van der Waals surface area contributed by atoms with E-state index in [1.807, 2.05) is 37.3 Å². The Morgan fingerprint density at radius 1 is 1.25 bits per heavy atom. The lowest BCUT2D eigenvalue weighted by molar-refractivity contribution is 1.28. The number of aryl methyl sites for hydroxylation is 1. The van der Waals surface area contributed by atoms with Gasteiger partial charge in [0.1, 0.15) is 5.82 Å². The van der Waals surface area contributed by atoms with Crippen LogP contribution in [0.5, 0.6) is 0 Å². The van der Waals surface area contributed by atoms with Gasteiger partial charge in [0.2, 0.25) is 0 Å². The molecule has 0 unspecified atom stereocenters. The van der Waals surface area contributed by atoms with Crippen molar-refractivity contribution >= 4 is 28.8 Å². The quantitative estimate of drug-likeness (QED) is 0.836. The van der Waals surface area contributed by atoms with Gasteiger partial charge in [-0.1, -0.05) is 11.6 Å². The van der Waals surface area contributed by atoms with E-state index in [0.29, 0.717) is 10.7 Å². The number of nitrogens with zero attached hydrogens (tertiary/aromatic N) is 1. The van der Waals surface area contributed by atoms with E-state index in [-0.39, 0.29) is 0 Å². The van der Waals surface area contributed by atoms with Crippen molar-refractivity contribution in [3.05, 3.63) is 47.1 Å². The highest BCUT2D eigenvalue weighted by molar-refractivity contribution is 6.30. The van der Waals surface area contributed by atoms with E-state index < -0.39 is 0 Å². The Bertz CT molecular complexity index is 494.